The van der Waals surface area contributed by atoms with Crippen LogP contribution in [0.15, 0.2) is 28.7 Å². The van der Waals surface area contributed by atoms with E-state index in [2.05, 4.69) is 66.3 Å². The van der Waals surface area contributed by atoms with Crippen molar-refractivity contribution in [2.24, 2.45) is 5.92 Å². The predicted molar refractivity (Wildman–Crippen MR) is 79.4 cm³/mol. The number of hydrogen-bond donors (Lipinski definition) is 1. The average Bonchev–Trinajstić information content (AvgIpc) is 2.27. The Morgan fingerprint density at radius 2 is 1.94 bits per heavy atom. The van der Waals surface area contributed by atoms with Crippen LogP contribution in [-0.2, 0) is 6.42 Å². The summed E-state index contributed by atoms with van der Waals surface area (Å²) < 4.78 is 1.24. The molecule has 1 atom stereocenters. The summed E-state index contributed by atoms with van der Waals surface area (Å²) >= 11 is 3.62. The van der Waals surface area contributed by atoms with Crippen LogP contribution in [0.5, 0.6) is 0 Å². The summed E-state index contributed by atoms with van der Waals surface area (Å²) in [6.07, 6.45) is 3.62. The number of nitrogens with one attached hydrogen (secondary N) is 1. The molecule has 0 aliphatic carbocycles. The molecular weight excluding hydrogens is 274 g/mol. The highest BCUT2D eigenvalue weighted by atomic mass is 79.9. The highest BCUT2D eigenvalue weighted by Crippen LogP contribution is 2.19. The van der Waals surface area contributed by atoms with E-state index in [-0.39, 0.29) is 0 Å². The summed E-state index contributed by atoms with van der Waals surface area (Å²) in [6.45, 7) is 7.84. The molecule has 2 heteroatoms. The van der Waals surface area contributed by atoms with Crippen LogP contribution < -0.4 is 5.32 Å². The van der Waals surface area contributed by atoms with Crippen molar-refractivity contribution in [3.63, 3.8) is 0 Å². The lowest BCUT2D eigenvalue weighted by Crippen LogP contribution is -2.30. The summed E-state index contributed by atoms with van der Waals surface area (Å²) in [5, 5.41) is 3.59. The molecule has 0 fully saturated rings. The average molecular weight is 298 g/mol. The lowest BCUT2D eigenvalue weighted by molar-refractivity contribution is 0.405. The van der Waals surface area contributed by atoms with Gasteiger partial charge in [-0.2, -0.15) is 0 Å². The molecule has 1 aromatic rings. The molecule has 1 nitrogen and oxygen atoms in total. The second kappa shape index (κ2) is 7.88. The molecule has 0 heterocycles. The molecule has 0 saturated carbocycles. The minimum atomic E-state index is 0.645. The highest BCUT2D eigenvalue weighted by Gasteiger charge is 2.10. The Labute approximate surface area is 114 Å². The monoisotopic (exact) mass is 297 g/mol. The van der Waals surface area contributed by atoms with E-state index in [4.69, 9.17) is 0 Å². The molecule has 1 rings (SSSR count). The molecule has 1 unspecified atom stereocenters. The van der Waals surface area contributed by atoms with E-state index in [1.165, 1.54) is 22.9 Å². The molecular formula is C15H24BrN. The maximum Gasteiger partial charge on any atom is 0.0207 e. The van der Waals surface area contributed by atoms with Crippen LogP contribution in [0.4, 0.5) is 0 Å². The van der Waals surface area contributed by atoms with Gasteiger partial charge in [0, 0.05) is 10.5 Å². The van der Waals surface area contributed by atoms with Crippen molar-refractivity contribution in [3.8, 4) is 0 Å². The topological polar surface area (TPSA) is 12.0 Å². The number of hydrogen-bond acceptors (Lipinski definition) is 1. The normalized spacial score (nSPS) is 13.0. The van der Waals surface area contributed by atoms with E-state index in [0.29, 0.717) is 6.04 Å². The van der Waals surface area contributed by atoms with Gasteiger partial charge in [0.2, 0.25) is 0 Å². The van der Waals surface area contributed by atoms with E-state index >= 15 is 0 Å². The van der Waals surface area contributed by atoms with Crippen LogP contribution in [-0.4, -0.2) is 12.6 Å². The second-order valence-corrected chi connectivity index (χ2v) is 5.87. The quantitative estimate of drug-likeness (QED) is 0.786. The van der Waals surface area contributed by atoms with Crippen LogP contribution >= 0.6 is 15.9 Å². The first-order chi connectivity index (χ1) is 8.13. The molecule has 1 N–H and O–H groups in total. The summed E-state index contributed by atoms with van der Waals surface area (Å²) in [5.41, 5.74) is 1.42. The Morgan fingerprint density at radius 3 is 2.53 bits per heavy atom. The van der Waals surface area contributed by atoms with Gasteiger partial charge >= 0.3 is 0 Å². The van der Waals surface area contributed by atoms with Gasteiger partial charge < -0.3 is 5.32 Å². The van der Waals surface area contributed by atoms with Gasteiger partial charge in [-0.15, -0.1) is 0 Å². The molecule has 96 valence electrons. The molecule has 0 aliphatic rings. The van der Waals surface area contributed by atoms with Crippen LogP contribution in [0, 0.1) is 5.92 Å². The first-order valence-corrected chi connectivity index (χ1v) is 7.39. The third-order valence-corrected chi connectivity index (χ3v) is 3.74. The minimum absolute atomic E-state index is 0.645. The summed E-state index contributed by atoms with van der Waals surface area (Å²) in [6, 6.07) is 9.17. The molecule has 0 aliphatic heterocycles. The molecule has 0 saturated heterocycles. The number of aryl methyl sites for hydroxylation is 1. The lowest BCUT2D eigenvalue weighted by atomic mass is 9.97. The van der Waals surface area contributed by atoms with Gasteiger partial charge in [-0.05, 0) is 43.4 Å². The molecule has 0 aromatic heterocycles. The van der Waals surface area contributed by atoms with Crippen molar-refractivity contribution < 1.29 is 0 Å². The van der Waals surface area contributed by atoms with Gasteiger partial charge in [0.05, 0.1) is 0 Å². The van der Waals surface area contributed by atoms with E-state index in [9.17, 15) is 0 Å². The summed E-state index contributed by atoms with van der Waals surface area (Å²) in [4.78, 5) is 0. The van der Waals surface area contributed by atoms with Gasteiger partial charge in [-0.1, -0.05) is 54.9 Å². The van der Waals surface area contributed by atoms with E-state index in [1.54, 1.807) is 0 Å². The first-order valence-electron chi connectivity index (χ1n) is 6.60. The summed E-state index contributed by atoms with van der Waals surface area (Å²) in [7, 11) is 0. The molecule has 17 heavy (non-hydrogen) atoms. The van der Waals surface area contributed by atoms with E-state index < -0.39 is 0 Å². The third-order valence-electron chi connectivity index (χ3n) is 2.97. The maximum absolute atomic E-state index is 3.62. The third kappa shape index (κ3) is 5.69. The van der Waals surface area contributed by atoms with Gasteiger partial charge in [0.15, 0.2) is 0 Å². The second-order valence-electron chi connectivity index (χ2n) is 5.01. The Morgan fingerprint density at radius 1 is 1.24 bits per heavy atom. The smallest absolute Gasteiger partial charge is 0.0207 e. The fourth-order valence-electron chi connectivity index (χ4n) is 2.19. The van der Waals surface area contributed by atoms with Crippen LogP contribution in [0.25, 0.3) is 0 Å². The van der Waals surface area contributed by atoms with Crippen molar-refractivity contribution in [3.05, 3.63) is 34.3 Å². The van der Waals surface area contributed by atoms with Crippen LogP contribution in [0.3, 0.4) is 0 Å². The Bertz CT molecular complexity index is 322. The lowest BCUT2D eigenvalue weighted by Gasteiger charge is -2.20. The molecule has 0 spiro atoms. The van der Waals surface area contributed by atoms with Crippen LogP contribution in [0.1, 0.15) is 39.2 Å². The number of rotatable bonds is 7. The van der Waals surface area contributed by atoms with Crippen molar-refractivity contribution in [2.75, 3.05) is 6.54 Å². The zero-order valence-electron chi connectivity index (χ0n) is 11.2. The Balaban J connectivity index is 2.48. The first kappa shape index (κ1) is 14.7. The Hall–Kier alpha value is -0.340. The van der Waals surface area contributed by atoms with Gasteiger partial charge in [0.1, 0.15) is 0 Å². The van der Waals surface area contributed by atoms with E-state index in [1.807, 2.05) is 0 Å². The van der Waals surface area contributed by atoms with Crippen molar-refractivity contribution >= 4 is 15.9 Å². The molecule has 1 aromatic carbocycles. The molecule has 0 bridgehead atoms. The van der Waals surface area contributed by atoms with Crippen molar-refractivity contribution in [2.45, 2.75) is 46.1 Å². The zero-order valence-corrected chi connectivity index (χ0v) is 12.8. The fourth-order valence-corrected chi connectivity index (χ4v) is 2.67. The molecule has 0 amide bonds. The van der Waals surface area contributed by atoms with Crippen molar-refractivity contribution in [1.29, 1.82) is 0 Å². The zero-order chi connectivity index (χ0) is 12.7. The maximum atomic E-state index is 3.62. The van der Waals surface area contributed by atoms with Gasteiger partial charge in [-0.25, -0.2) is 0 Å². The Kier molecular flexibility index (Phi) is 6.83. The fraction of sp³-hybridized carbons (Fsp3) is 0.600. The SMILES string of the molecule is CCNC(CCc1ccccc1Br)CC(C)C. The standard InChI is InChI=1S/C15H24BrN/c1-4-17-14(11-12(2)3)10-9-13-7-5-6-8-15(13)16/h5-8,12,14,17H,4,9-11H2,1-3H3. The van der Waals surface area contributed by atoms with E-state index in [0.717, 1.165) is 18.9 Å². The van der Waals surface area contributed by atoms with Gasteiger partial charge in [-0.3, -0.25) is 0 Å². The van der Waals surface area contributed by atoms with Crippen LogP contribution in [0.2, 0.25) is 0 Å². The highest BCUT2D eigenvalue weighted by molar-refractivity contribution is 9.10. The number of benzene rings is 1. The summed E-state index contributed by atoms with van der Waals surface area (Å²) in [5.74, 6) is 0.762. The molecule has 0 radical (unpaired) electrons. The number of halogens is 1. The van der Waals surface area contributed by atoms with Crippen molar-refractivity contribution in [1.82, 2.24) is 5.32 Å². The predicted octanol–water partition coefficient (Wildman–Crippen LogP) is 4.41. The van der Waals surface area contributed by atoms with Gasteiger partial charge in [0.25, 0.3) is 0 Å². The minimum Gasteiger partial charge on any atom is -0.314 e. The largest absolute Gasteiger partial charge is 0.314 e.